The van der Waals surface area contributed by atoms with Gasteiger partial charge in [0.15, 0.2) is 0 Å². The number of fused-ring (bicyclic) bond motifs is 3. The molecule has 0 bridgehead atoms. The van der Waals surface area contributed by atoms with Crippen LogP contribution in [-0.2, 0) is 11.5 Å². The summed E-state index contributed by atoms with van der Waals surface area (Å²) in [6.45, 7) is 2.65. The molecule has 0 aliphatic heterocycles. The predicted molar refractivity (Wildman–Crippen MR) is 69.0 cm³/mol. The molecule has 0 spiro atoms. The molecule has 0 saturated heterocycles. The van der Waals surface area contributed by atoms with E-state index in [0.29, 0.717) is 6.73 Å². The molecule has 0 unspecified atom stereocenters. The van der Waals surface area contributed by atoms with Crippen LogP contribution in [0.4, 0.5) is 0 Å². The molecule has 0 aliphatic rings. The van der Waals surface area contributed by atoms with Crippen molar-refractivity contribution in [2.45, 2.75) is 13.7 Å². The summed E-state index contributed by atoms with van der Waals surface area (Å²) >= 11 is 0. The number of hydrogen-bond donors (Lipinski definition) is 0. The maximum Gasteiger partial charge on any atom is 0.123 e. The molecule has 3 rings (SSSR count). The normalized spacial score (nSPS) is 11.4. The van der Waals surface area contributed by atoms with Crippen molar-refractivity contribution in [3.8, 4) is 0 Å². The molecule has 0 atom stereocenters. The van der Waals surface area contributed by atoms with E-state index in [2.05, 4.69) is 40.7 Å². The van der Waals surface area contributed by atoms with Crippen LogP contribution in [0.2, 0.25) is 0 Å². The number of nitrogens with zero attached hydrogens (tertiary/aromatic N) is 2. The molecule has 0 N–H and O–H groups in total. The first kappa shape index (κ1) is 10.3. The molecule has 3 heteroatoms. The van der Waals surface area contributed by atoms with Crippen LogP contribution in [0.3, 0.4) is 0 Å². The highest BCUT2D eigenvalue weighted by Crippen LogP contribution is 2.29. The van der Waals surface area contributed by atoms with Crippen molar-refractivity contribution in [3.05, 3.63) is 42.2 Å². The second-order valence-electron chi connectivity index (χ2n) is 4.22. The Labute approximate surface area is 99.6 Å². The molecule has 0 aliphatic carbocycles. The van der Waals surface area contributed by atoms with Crippen LogP contribution in [-0.4, -0.2) is 16.7 Å². The summed E-state index contributed by atoms with van der Waals surface area (Å²) < 4.78 is 7.50. The number of pyridine rings is 1. The van der Waals surface area contributed by atoms with Crippen LogP contribution in [0.1, 0.15) is 5.56 Å². The van der Waals surface area contributed by atoms with Crippen LogP contribution in [0, 0.1) is 6.92 Å². The molecule has 3 aromatic rings. The first-order valence-electron chi connectivity index (χ1n) is 5.63. The van der Waals surface area contributed by atoms with Gasteiger partial charge in [-0.2, -0.15) is 0 Å². The minimum Gasteiger partial charge on any atom is -0.364 e. The standard InChI is InChI=1S/C14H14N2O/c1-10-7-15-8-12-11-5-3-4-6-13(11)16(9-17-2)14(10)12/h3-8H,9H2,1-2H3. The van der Waals surface area contributed by atoms with Crippen LogP contribution >= 0.6 is 0 Å². The molecular weight excluding hydrogens is 212 g/mol. The SMILES string of the molecule is COCn1c2ccccc2c2cncc(C)c21. The second-order valence-corrected chi connectivity index (χ2v) is 4.22. The predicted octanol–water partition coefficient (Wildman–Crippen LogP) is 3.10. The van der Waals surface area contributed by atoms with Crippen LogP contribution in [0.25, 0.3) is 21.8 Å². The molecule has 86 valence electrons. The zero-order chi connectivity index (χ0) is 11.8. The number of para-hydroxylation sites is 1. The number of rotatable bonds is 2. The van der Waals surface area contributed by atoms with Gasteiger partial charge in [-0.3, -0.25) is 4.98 Å². The van der Waals surface area contributed by atoms with Gasteiger partial charge in [0.05, 0.1) is 11.0 Å². The van der Waals surface area contributed by atoms with Gasteiger partial charge in [-0.05, 0) is 18.6 Å². The summed E-state index contributed by atoms with van der Waals surface area (Å²) in [5, 5.41) is 2.42. The van der Waals surface area contributed by atoms with Gasteiger partial charge in [-0.15, -0.1) is 0 Å². The van der Waals surface area contributed by atoms with Crippen LogP contribution < -0.4 is 0 Å². The maximum atomic E-state index is 5.30. The molecule has 17 heavy (non-hydrogen) atoms. The summed E-state index contributed by atoms with van der Waals surface area (Å²) in [6.07, 6.45) is 3.82. The molecule has 0 fully saturated rings. The summed E-state index contributed by atoms with van der Waals surface area (Å²) in [5.41, 5.74) is 3.58. The molecule has 0 amide bonds. The van der Waals surface area contributed by atoms with Crippen molar-refractivity contribution >= 4 is 21.8 Å². The van der Waals surface area contributed by atoms with Crippen molar-refractivity contribution in [1.29, 1.82) is 0 Å². The van der Waals surface area contributed by atoms with E-state index in [-0.39, 0.29) is 0 Å². The molecule has 3 nitrogen and oxygen atoms in total. The van der Waals surface area contributed by atoms with Crippen molar-refractivity contribution in [2.75, 3.05) is 7.11 Å². The van der Waals surface area contributed by atoms with Gasteiger partial charge in [0, 0.05) is 30.3 Å². The van der Waals surface area contributed by atoms with Gasteiger partial charge < -0.3 is 9.30 Å². The van der Waals surface area contributed by atoms with Gasteiger partial charge in [0.25, 0.3) is 0 Å². The molecule has 1 aromatic carbocycles. The highest BCUT2D eigenvalue weighted by atomic mass is 16.5. The largest absolute Gasteiger partial charge is 0.364 e. The average molecular weight is 226 g/mol. The van der Waals surface area contributed by atoms with Crippen molar-refractivity contribution < 1.29 is 4.74 Å². The highest BCUT2D eigenvalue weighted by molar-refractivity contribution is 6.08. The Bertz CT molecular complexity index is 685. The van der Waals surface area contributed by atoms with Crippen molar-refractivity contribution in [3.63, 3.8) is 0 Å². The molecule has 0 radical (unpaired) electrons. The number of benzene rings is 1. The second kappa shape index (κ2) is 3.86. The first-order valence-corrected chi connectivity index (χ1v) is 5.63. The lowest BCUT2D eigenvalue weighted by Gasteiger charge is -2.06. The number of methoxy groups -OCH3 is 1. The zero-order valence-electron chi connectivity index (χ0n) is 9.97. The molecule has 2 aromatic heterocycles. The van der Waals surface area contributed by atoms with Gasteiger partial charge >= 0.3 is 0 Å². The van der Waals surface area contributed by atoms with Gasteiger partial charge in [-0.1, -0.05) is 18.2 Å². The van der Waals surface area contributed by atoms with E-state index in [1.54, 1.807) is 7.11 Å². The summed E-state index contributed by atoms with van der Waals surface area (Å²) in [4.78, 5) is 4.28. The fourth-order valence-electron chi connectivity index (χ4n) is 2.43. The Balaban J connectivity index is 2.53. The van der Waals surface area contributed by atoms with Crippen molar-refractivity contribution in [1.82, 2.24) is 9.55 Å². The Kier molecular flexibility index (Phi) is 2.34. The van der Waals surface area contributed by atoms with Crippen molar-refractivity contribution in [2.24, 2.45) is 0 Å². The minimum absolute atomic E-state index is 0.564. The third kappa shape index (κ3) is 1.43. The Hall–Kier alpha value is -1.87. The number of aromatic nitrogens is 2. The lowest BCUT2D eigenvalue weighted by Crippen LogP contribution is -2.00. The fraction of sp³-hybridized carbons (Fsp3) is 0.214. The lowest BCUT2D eigenvalue weighted by molar-refractivity contribution is 0.138. The zero-order valence-corrected chi connectivity index (χ0v) is 9.97. The fourth-order valence-corrected chi connectivity index (χ4v) is 2.43. The van der Waals surface area contributed by atoms with E-state index in [4.69, 9.17) is 4.74 Å². The summed E-state index contributed by atoms with van der Waals surface area (Å²) in [7, 11) is 1.72. The quantitative estimate of drug-likeness (QED) is 0.671. The first-order chi connectivity index (χ1) is 8.33. The number of ether oxygens (including phenoxy) is 1. The molecule has 2 heterocycles. The van der Waals surface area contributed by atoms with E-state index in [0.717, 1.165) is 0 Å². The van der Waals surface area contributed by atoms with E-state index in [9.17, 15) is 0 Å². The van der Waals surface area contributed by atoms with E-state index < -0.39 is 0 Å². The third-order valence-corrected chi connectivity index (χ3v) is 3.11. The van der Waals surface area contributed by atoms with Gasteiger partial charge in [-0.25, -0.2) is 0 Å². The summed E-state index contributed by atoms with van der Waals surface area (Å²) in [5.74, 6) is 0. The molecular formula is C14H14N2O. The lowest BCUT2D eigenvalue weighted by atomic mass is 10.2. The smallest absolute Gasteiger partial charge is 0.123 e. The Morgan fingerprint density at radius 1 is 1.18 bits per heavy atom. The number of aryl methyl sites for hydroxylation is 1. The Morgan fingerprint density at radius 3 is 2.82 bits per heavy atom. The van der Waals surface area contributed by atoms with Gasteiger partial charge in [0.1, 0.15) is 6.73 Å². The van der Waals surface area contributed by atoms with Gasteiger partial charge in [0.2, 0.25) is 0 Å². The average Bonchev–Trinajstić information content (AvgIpc) is 2.67. The highest BCUT2D eigenvalue weighted by Gasteiger charge is 2.11. The van der Waals surface area contributed by atoms with E-state index >= 15 is 0 Å². The number of hydrogen-bond acceptors (Lipinski definition) is 2. The Morgan fingerprint density at radius 2 is 2.00 bits per heavy atom. The third-order valence-electron chi connectivity index (χ3n) is 3.11. The monoisotopic (exact) mass is 226 g/mol. The molecule has 0 saturated carbocycles. The van der Waals surface area contributed by atoms with E-state index in [1.165, 1.54) is 27.4 Å². The van der Waals surface area contributed by atoms with Crippen LogP contribution in [0.5, 0.6) is 0 Å². The maximum absolute atomic E-state index is 5.30. The topological polar surface area (TPSA) is 27.1 Å². The summed E-state index contributed by atoms with van der Waals surface area (Å²) in [6, 6.07) is 8.36. The van der Waals surface area contributed by atoms with E-state index in [1.807, 2.05) is 12.4 Å². The minimum atomic E-state index is 0.564. The van der Waals surface area contributed by atoms with Crippen LogP contribution in [0.15, 0.2) is 36.7 Å².